The number of ether oxygens (including phenoxy) is 1. The lowest BCUT2D eigenvalue weighted by Crippen LogP contribution is -2.46. The van der Waals surface area contributed by atoms with Crippen molar-refractivity contribution in [2.75, 3.05) is 44.6 Å². The van der Waals surface area contributed by atoms with E-state index < -0.39 is 0 Å². The van der Waals surface area contributed by atoms with E-state index in [9.17, 15) is 4.79 Å². The van der Waals surface area contributed by atoms with Crippen LogP contribution in [0.1, 0.15) is 36.8 Å². The Balaban J connectivity index is 1.38. The van der Waals surface area contributed by atoms with Crippen molar-refractivity contribution in [1.29, 1.82) is 0 Å². The van der Waals surface area contributed by atoms with Crippen molar-refractivity contribution in [3.05, 3.63) is 47.8 Å². The van der Waals surface area contributed by atoms with Crippen LogP contribution < -0.4 is 5.32 Å². The van der Waals surface area contributed by atoms with Crippen LogP contribution in [0.2, 0.25) is 0 Å². The van der Waals surface area contributed by atoms with Crippen molar-refractivity contribution in [3.63, 3.8) is 0 Å². The zero-order valence-electron chi connectivity index (χ0n) is 17.0. The zero-order valence-corrected chi connectivity index (χ0v) is 17.0. The van der Waals surface area contributed by atoms with Crippen molar-refractivity contribution in [1.82, 2.24) is 19.8 Å². The number of hydrogen-bond acceptors (Lipinski definition) is 6. The van der Waals surface area contributed by atoms with E-state index in [2.05, 4.69) is 15.2 Å². The molecule has 2 aliphatic rings. The third-order valence-corrected chi connectivity index (χ3v) is 5.46. The largest absolute Gasteiger partial charge is 0.369 e. The zero-order chi connectivity index (χ0) is 20.1. The van der Waals surface area contributed by atoms with Gasteiger partial charge in [0.15, 0.2) is 0 Å². The fraction of sp³-hybridized carbons (Fsp3) is 0.500. The molecule has 1 N–H and O–H groups in total. The van der Waals surface area contributed by atoms with E-state index in [0.29, 0.717) is 19.7 Å². The van der Waals surface area contributed by atoms with E-state index in [4.69, 9.17) is 9.72 Å². The summed E-state index contributed by atoms with van der Waals surface area (Å²) in [5.41, 5.74) is 1.83. The topological polar surface area (TPSA) is 70.6 Å². The molecule has 2 aromatic rings. The van der Waals surface area contributed by atoms with Gasteiger partial charge >= 0.3 is 0 Å². The van der Waals surface area contributed by atoms with E-state index in [0.717, 1.165) is 55.5 Å². The van der Waals surface area contributed by atoms with Crippen LogP contribution in [-0.4, -0.2) is 65.0 Å². The average molecular weight is 396 g/mol. The van der Waals surface area contributed by atoms with Crippen LogP contribution in [0.25, 0.3) is 0 Å². The Bertz CT molecular complexity index is 837. The highest BCUT2D eigenvalue weighted by atomic mass is 16.5. The molecule has 7 nitrogen and oxygen atoms in total. The molecule has 2 saturated heterocycles. The molecule has 0 aliphatic carbocycles. The van der Waals surface area contributed by atoms with Crippen LogP contribution in [0.15, 0.2) is 36.4 Å². The molecule has 0 radical (unpaired) electrons. The minimum atomic E-state index is -0.134. The summed E-state index contributed by atoms with van der Waals surface area (Å²) >= 11 is 0. The molecule has 2 aliphatic heterocycles. The van der Waals surface area contributed by atoms with Crippen LogP contribution >= 0.6 is 0 Å². The Labute approximate surface area is 172 Å². The first-order chi connectivity index (χ1) is 14.2. The summed E-state index contributed by atoms with van der Waals surface area (Å²) in [6.07, 6.45) is 3.34. The Morgan fingerprint density at radius 1 is 1.07 bits per heavy atom. The monoisotopic (exact) mass is 395 g/mol. The first-order valence-corrected chi connectivity index (χ1v) is 10.5. The molecule has 4 rings (SSSR count). The van der Waals surface area contributed by atoms with Crippen LogP contribution in [-0.2, 0) is 9.53 Å². The third-order valence-electron chi connectivity index (χ3n) is 5.46. The second-order valence-electron chi connectivity index (χ2n) is 7.77. The Hall–Kier alpha value is -2.51. The van der Waals surface area contributed by atoms with Gasteiger partial charge in [0, 0.05) is 31.9 Å². The molecule has 29 heavy (non-hydrogen) atoms. The van der Waals surface area contributed by atoms with E-state index >= 15 is 0 Å². The van der Waals surface area contributed by atoms with Gasteiger partial charge in [-0.2, -0.15) is 0 Å². The number of nitrogens with zero attached hydrogens (tertiary/aromatic N) is 4. The smallest absolute Gasteiger partial charge is 0.236 e. The summed E-state index contributed by atoms with van der Waals surface area (Å²) < 4.78 is 5.97. The number of likely N-dealkylation sites (tertiary alicyclic amines) is 1. The summed E-state index contributed by atoms with van der Waals surface area (Å²) in [7, 11) is 0. The van der Waals surface area contributed by atoms with Gasteiger partial charge in [-0.3, -0.25) is 9.69 Å². The van der Waals surface area contributed by atoms with E-state index in [1.165, 1.54) is 6.42 Å². The number of piperidine rings is 1. The summed E-state index contributed by atoms with van der Waals surface area (Å²) in [4.78, 5) is 26.0. The van der Waals surface area contributed by atoms with E-state index in [1.807, 2.05) is 48.2 Å². The first kappa shape index (κ1) is 19.8. The highest BCUT2D eigenvalue weighted by Gasteiger charge is 2.26. The van der Waals surface area contributed by atoms with Gasteiger partial charge in [-0.15, -0.1) is 0 Å². The number of rotatable bonds is 5. The SMILES string of the molecule is Cc1cccc(Nc2cccc(C3CN(CC(=O)N4CCCCC4)CCO3)n2)n1. The molecule has 4 heterocycles. The molecule has 1 amide bonds. The van der Waals surface area contributed by atoms with Gasteiger partial charge in [-0.1, -0.05) is 12.1 Å². The summed E-state index contributed by atoms with van der Waals surface area (Å²) in [6.45, 7) is 6.29. The van der Waals surface area contributed by atoms with Gasteiger partial charge in [-0.05, 0) is 50.5 Å². The van der Waals surface area contributed by atoms with Crippen LogP contribution in [0, 0.1) is 6.92 Å². The number of aromatic nitrogens is 2. The number of carbonyl (C=O) groups excluding carboxylic acids is 1. The van der Waals surface area contributed by atoms with Gasteiger partial charge in [0.1, 0.15) is 17.7 Å². The summed E-state index contributed by atoms with van der Waals surface area (Å²) in [5, 5.41) is 3.26. The molecular formula is C22H29N5O2. The number of aryl methyl sites for hydroxylation is 1. The summed E-state index contributed by atoms with van der Waals surface area (Å²) in [6, 6.07) is 11.7. The fourth-order valence-corrected chi connectivity index (χ4v) is 3.90. The van der Waals surface area contributed by atoms with E-state index in [-0.39, 0.29) is 12.0 Å². The lowest BCUT2D eigenvalue weighted by Gasteiger charge is -2.34. The maximum absolute atomic E-state index is 12.6. The summed E-state index contributed by atoms with van der Waals surface area (Å²) in [5.74, 6) is 1.75. The molecule has 0 saturated carbocycles. The van der Waals surface area contributed by atoms with E-state index in [1.54, 1.807) is 0 Å². The number of nitrogens with one attached hydrogen (secondary N) is 1. The lowest BCUT2D eigenvalue weighted by atomic mass is 10.1. The van der Waals surface area contributed by atoms with Crippen molar-refractivity contribution in [2.24, 2.45) is 0 Å². The molecule has 0 bridgehead atoms. The Morgan fingerprint density at radius 2 is 1.83 bits per heavy atom. The van der Waals surface area contributed by atoms with Crippen molar-refractivity contribution >= 4 is 17.5 Å². The molecule has 2 fully saturated rings. The van der Waals surface area contributed by atoms with Gasteiger partial charge in [0.25, 0.3) is 0 Å². The average Bonchev–Trinajstić information content (AvgIpc) is 2.75. The Morgan fingerprint density at radius 3 is 2.62 bits per heavy atom. The number of carbonyl (C=O) groups is 1. The van der Waals surface area contributed by atoms with Crippen LogP contribution in [0.3, 0.4) is 0 Å². The van der Waals surface area contributed by atoms with Gasteiger partial charge in [0.2, 0.25) is 5.91 Å². The van der Waals surface area contributed by atoms with Crippen LogP contribution in [0.5, 0.6) is 0 Å². The van der Waals surface area contributed by atoms with Gasteiger partial charge in [0.05, 0.1) is 18.8 Å². The van der Waals surface area contributed by atoms with Crippen LogP contribution in [0.4, 0.5) is 11.6 Å². The lowest BCUT2D eigenvalue weighted by molar-refractivity contribution is -0.135. The molecule has 2 aromatic heterocycles. The minimum absolute atomic E-state index is 0.134. The predicted molar refractivity (Wildman–Crippen MR) is 112 cm³/mol. The maximum Gasteiger partial charge on any atom is 0.236 e. The number of pyridine rings is 2. The van der Waals surface area contributed by atoms with Crippen molar-refractivity contribution in [2.45, 2.75) is 32.3 Å². The van der Waals surface area contributed by atoms with Crippen molar-refractivity contribution in [3.8, 4) is 0 Å². The molecule has 7 heteroatoms. The maximum atomic E-state index is 12.6. The van der Waals surface area contributed by atoms with Gasteiger partial charge in [-0.25, -0.2) is 9.97 Å². The second kappa shape index (κ2) is 9.33. The minimum Gasteiger partial charge on any atom is -0.369 e. The predicted octanol–water partition coefficient (Wildman–Crippen LogP) is 2.91. The second-order valence-corrected chi connectivity index (χ2v) is 7.77. The molecule has 1 atom stereocenters. The molecule has 0 aromatic carbocycles. The number of morpholine rings is 1. The third kappa shape index (κ3) is 5.31. The Kier molecular flexibility index (Phi) is 6.36. The number of amides is 1. The number of anilines is 2. The van der Waals surface area contributed by atoms with Crippen molar-refractivity contribution < 1.29 is 9.53 Å². The number of hydrogen-bond donors (Lipinski definition) is 1. The first-order valence-electron chi connectivity index (χ1n) is 10.5. The fourth-order valence-electron chi connectivity index (χ4n) is 3.90. The molecule has 1 unspecified atom stereocenters. The van der Waals surface area contributed by atoms with Gasteiger partial charge < -0.3 is 15.0 Å². The standard InChI is InChI=1S/C22H29N5O2/c1-17-7-5-9-20(23-17)25-21-10-6-8-18(24-21)19-15-26(13-14-29-19)16-22(28)27-11-3-2-4-12-27/h5-10,19H,2-4,11-16H2,1H3,(H,23,24,25). The highest BCUT2D eigenvalue weighted by Crippen LogP contribution is 2.23. The molecular weight excluding hydrogens is 366 g/mol. The normalized spacial score (nSPS) is 20.4. The highest BCUT2D eigenvalue weighted by molar-refractivity contribution is 5.78. The quantitative estimate of drug-likeness (QED) is 0.839. The molecule has 0 spiro atoms. The molecule has 154 valence electrons.